The molecule has 2 atom stereocenters. The van der Waals surface area contributed by atoms with Crippen LogP contribution in [-0.2, 0) is 6.42 Å². The summed E-state index contributed by atoms with van der Waals surface area (Å²) in [4.78, 5) is 1.27. The van der Waals surface area contributed by atoms with Crippen molar-refractivity contribution in [3.63, 3.8) is 0 Å². The third-order valence-corrected chi connectivity index (χ3v) is 5.84. The highest BCUT2D eigenvalue weighted by molar-refractivity contribution is 9.10. The molecule has 1 aliphatic rings. The van der Waals surface area contributed by atoms with Gasteiger partial charge in [0.25, 0.3) is 0 Å². The summed E-state index contributed by atoms with van der Waals surface area (Å²) in [6.07, 6.45) is 1.73. The summed E-state index contributed by atoms with van der Waals surface area (Å²) >= 11 is 7.03. The minimum atomic E-state index is -0.477. The van der Waals surface area contributed by atoms with Gasteiger partial charge in [0.15, 0.2) is 0 Å². The maximum Gasteiger partial charge on any atom is 0.0818 e. The average molecular weight is 293 g/mol. The molecule has 1 fully saturated rings. The molecule has 1 nitrogen and oxygen atoms in total. The maximum atomic E-state index is 10.4. The van der Waals surface area contributed by atoms with Gasteiger partial charge in [-0.05, 0) is 34.2 Å². The van der Waals surface area contributed by atoms with E-state index in [1.54, 1.807) is 11.3 Å². The van der Waals surface area contributed by atoms with Crippen molar-refractivity contribution in [2.45, 2.75) is 30.6 Å². The van der Waals surface area contributed by atoms with Gasteiger partial charge in [0, 0.05) is 26.4 Å². The molecule has 0 bridgehead atoms. The van der Waals surface area contributed by atoms with E-state index < -0.39 is 5.60 Å². The van der Waals surface area contributed by atoms with Crippen LogP contribution in [0.4, 0.5) is 0 Å². The molecule has 0 aromatic carbocycles. The second kappa shape index (κ2) is 4.16. The number of aliphatic hydroxyl groups is 1. The number of hydrogen-bond acceptors (Lipinski definition) is 3. The van der Waals surface area contributed by atoms with E-state index in [1.807, 2.05) is 11.8 Å². The summed E-state index contributed by atoms with van der Waals surface area (Å²) in [5.41, 5.74) is -0.477. The average Bonchev–Trinajstić information content (AvgIpc) is 2.62. The van der Waals surface area contributed by atoms with Crippen molar-refractivity contribution < 1.29 is 5.11 Å². The lowest BCUT2D eigenvalue weighted by Gasteiger charge is -2.25. The van der Waals surface area contributed by atoms with E-state index in [1.165, 1.54) is 4.88 Å². The summed E-state index contributed by atoms with van der Waals surface area (Å²) < 4.78 is 1.12. The Morgan fingerprint density at radius 3 is 3.00 bits per heavy atom. The number of thioether (sulfide) groups is 1. The second-order valence-corrected chi connectivity index (χ2v) is 7.13. The highest BCUT2D eigenvalue weighted by atomic mass is 79.9. The molecule has 14 heavy (non-hydrogen) atoms. The summed E-state index contributed by atoms with van der Waals surface area (Å²) in [7, 11) is 0. The molecule has 1 aliphatic heterocycles. The van der Waals surface area contributed by atoms with Crippen LogP contribution in [0.15, 0.2) is 15.9 Å². The Morgan fingerprint density at radius 2 is 2.50 bits per heavy atom. The zero-order valence-corrected chi connectivity index (χ0v) is 11.2. The van der Waals surface area contributed by atoms with Gasteiger partial charge >= 0.3 is 0 Å². The molecule has 2 unspecified atom stereocenters. The van der Waals surface area contributed by atoms with Crippen LogP contribution < -0.4 is 0 Å². The van der Waals surface area contributed by atoms with Crippen LogP contribution in [0.3, 0.4) is 0 Å². The van der Waals surface area contributed by atoms with Crippen LogP contribution in [0.1, 0.15) is 18.2 Å². The van der Waals surface area contributed by atoms with Gasteiger partial charge in [-0.15, -0.1) is 11.3 Å². The normalized spacial score (nSPS) is 32.4. The van der Waals surface area contributed by atoms with Crippen LogP contribution in [-0.4, -0.2) is 21.7 Å². The first kappa shape index (κ1) is 11.0. The molecule has 2 heterocycles. The number of hydrogen-bond donors (Lipinski definition) is 1. The SMILES string of the molecule is CC1SCCC1(O)Cc1cc(Br)cs1. The first-order chi connectivity index (χ1) is 6.60. The van der Waals surface area contributed by atoms with Crippen LogP contribution >= 0.6 is 39.0 Å². The molecular weight excluding hydrogens is 280 g/mol. The van der Waals surface area contributed by atoms with Crippen LogP contribution in [0.5, 0.6) is 0 Å². The molecular formula is C10H13BrOS2. The van der Waals surface area contributed by atoms with Gasteiger partial charge in [-0.1, -0.05) is 6.92 Å². The highest BCUT2D eigenvalue weighted by Crippen LogP contribution is 2.39. The Morgan fingerprint density at radius 1 is 1.71 bits per heavy atom. The van der Waals surface area contributed by atoms with Crippen molar-refractivity contribution in [3.05, 3.63) is 20.8 Å². The van der Waals surface area contributed by atoms with Crippen molar-refractivity contribution >= 4 is 39.0 Å². The molecule has 0 aliphatic carbocycles. The topological polar surface area (TPSA) is 20.2 Å². The monoisotopic (exact) mass is 292 g/mol. The zero-order chi connectivity index (χ0) is 10.2. The standard InChI is InChI=1S/C10H13BrOS2/c1-7-10(12,2-3-13-7)5-9-4-8(11)6-14-9/h4,6-7,12H,2-3,5H2,1H3. The Balaban J connectivity index is 2.10. The Hall–Kier alpha value is 0.490. The predicted molar refractivity (Wildman–Crippen MR) is 67.2 cm³/mol. The molecule has 2 rings (SSSR count). The molecule has 1 N–H and O–H groups in total. The van der Waals surface area contributed by atoms with Gasteiger partial charge in [0.05, 0.1) is 5.60 Å². The Labute approximate surface area is 101 Å². The molecule has 0 saturated carbocycles. The Kier molecular flexibility index (Phi) is 3.27. The van der Waals surface area contributed by atoms with Crippen LogP contribution in [0.2, 0.25) is 0 Å². The molecule has 0 amide bonds. The van der Waals surface area contributed by atoms with Crippen molar-refractivity contribution in [1.29, 1.82) is 0 Å². The molecule has 78 valence electrons. The molecule has 0 radical (unpaired) electrons. The van der Waals surface area contributed by atoms with Gasteiger partial charge in [0.1, 0.15) is 0 Å². The summed E-state index contributed by atoms with van der Waals surface area (Å²) in [6.45, 7) is 2.13. The van der Waals surface area contributed by atoms with E-state index in [0.29, 0.717) is 5.25 Å². The molecule has 1 aromatic rings. The lowest BCUT2D eigenvalue weighted by Crippen LogP contribution is -2.36. The van der Waals surface area contributed by atoms with Crippen molar-refractivity contribution in [3.8, 4) is 0 Å². The Bertz CT molecular complexity index is 326. The smallest absolute Gasteiger partial charge is 0.0818 e. The minimum absolute atomic E-state index is 0.364. The highest BCUT2D eigenvalue weighted by Gasteiger charge is 2.39. The van der Waals surface area contributed by atoms with Gasteiger partial charge in [-0.25, -0.2) is 0 Å². The zero-order valence-electron chi connectivity index (χ0n) is 8.00. The minimum Gasteiger partial charge on any atom is -0.388 e. The fourth-order valence-corrected chi connectivity index (χ4v) is 4.66. The largest absolute Gasteiger partial charge is 0.388 e. The fraction of sp³-hybridized carbons (Fsp3) is 0.600. The quantitative estimate of drug-likeness (QED) is 0.902. The number of rotatable bonds is 2. The van der Waals surface area contributed by atoms with Crippen LogP contribution in [0.25, 0.3) is 0 Å². The van der Waals surface area contributed by atoms with E-state index in [4.69, 9.17) is 0 Å². The van der Waals surface area contributed by atoms with E-state index in [2.05, 4.69) is 34.3 Å². The van der Waals surface area contributed by atoms with E-state index in [9.17, 15) is 5.11 Å². The number of thiophene rings is 1. The van der Waals surface area contributed by atoms with E-state index in [-0.39, 0.29) is 0 Å². The third kappa shape index (κ3) is 2.18. The summed E-state index contributed by atoms with van der Waals surface area (Å²) in [6, 6.07) is 2.11. The molecule has 1 saturated heterocycles. The van der Waals surface area contributed by atoms with Crippen molar-refractivity contribution in [2.24, 2.45) is 0 Å². The fourth-order valence-electron chi connectivity index (χ4n) is 1.75. The number of halogens is 1. The van der Waals surface area contributed by atoms with Crippen molar-refractivity contribution in [2.75, 3.05) is 5.75 Å². The van der Waals surface area contributed by atoms with Gasteiger partial charge in [-0.3, -0.25) is 0 Å². The van der Waals surface area contributed by atoms with E-state index in [0.717, 1.165) is 23.1 Å². The molecule has 0 spiro atoms. The van der Waals surface area contributed by atoms with Crippen molar-refractivity contribution in [1.82, 2.24) is 0 Å². The second-order valence-electron chi connectivity index (χ2n) is 3.77. The molecule has 1 aromatic heterocycles. The first-order valence-corrected chi connectivity index (χ1v) is 7.39. The van der Waals surface area contributed by atoms with Gasteiger partial charge < -0.3 is 5.11 Å². The summed E-state index contributed by atoms with van der Waals surface area (Å²) in [5.74, 6) is 1.09. The van der Waals surface area contributed by atoms with E-state index >= 15 is 0 Å². The molecule has 4 heteroatoms. The van der Waals surface area contributed by atoms with Crippen LogP contribution in [0, 0.1) is 0 Å². The predicted octanol–water partition coefficient (Wildman–Crippen LogP) is 3.31. The summed E-state index contributed by atoms with van der Waals surface area (Å²) in [5, 5.41) is 12.8. The van der Waals surface area contributed by atoms with Gasteiger partial charge in [0.2, 0.25) is 0 Å². The first-order valence-electron chi connectivity index (χ1n) is 4.67. The third-order valence-electron chi connectivity index (χ3n) is 2.76. The lowest BCUT2D eigenvalue weighted by molar-refractivity contribution is 0.0472. The lowest BCUT2D eigenvalue weighted by atomic mass is 9.93. The maximum absolute atomic E-state index is 10.4. The van der Waals surface area contributed by atoms with Gasteiger partial charge in [-0.2, -0.15) is 11.8 Å².